The van der Waals surface area contributed by atoms with Crippen molar-refractivity contribution in [2.45, 2.75) is 115 Å². The fourth-order valence-corrected chi connectivity index (χ4v) is 4.19. The van der Waals surface area contributed by atoms with Crippen LogP contribution in [-0.4, -0.2) is 51.4 Å². The van der Waals surface area contributed by atoms with Gasteiger partial charge in [-0.2, -0.15) is 4.98 Å². The van der Waals surface area contributed by atoms with Crippen LogP contribution >= 0.6 is 0 Å². The molecule has 1 fully saturated rings. The summed E-state index contributed by atoms with van der Waals surface area (Å²) in [6.45, 7) is 4.36. The van der Waals surface area contributed by atoms with E-state index in [4.69, 9.17) is 9.47 Å². The van der Waals surface area contributed by atoms with Gasteiger partial charge in [-0.3, -0.25) is 4.57 Å². The Morgan fingerprint density at radius 3 is 2.32 bits per heavy atom. The standard InChI is InChI=1S/C28H46FN3O5/c1-3-4-5-6-7-8-9-10-11-12-13-14-15-16-17-18-19-36-21-30-26-23(29)20-32(28(35)31-26)27-25(34)24(33)22(2)37-27/h7-8,10-11,20,22,24-25,27,33-34H,3-6,9,12-19,21H2,1-2H3,(H,30,31,35). The summed E-state index contributed by atoms with van der Waals surface area (Å²) in [6, 6.07) is 0. The summed E-state index contributed by atoms with van der Waals surface area (Å²) in [4.78, 5) is 15.9. The fraction of sp³-hybridized carbons (Fsp3) is 0.714. The van der Waals surface area contributed by atoms with Crippen molar-refractivity contribution in [1.82, 2.24) is 9.55 Å². The number of unbranched alkanes of at least 4 members (excludes halogenated alkanes) is 9. The van der Waals surface area contributed by atoms with Crippen LogP contribution in [0.2, 0.25) is 0 Å². The Labute approximate surface area is 220 Å². The molecule has 3 N–H and O–H groups in total. The Hall–Kier alpha value is -2.07. The highest BCUT2D eigenvalue weighted by Gasteiger charge is 2.42. The van der Waals surface area contributed by atoms with Gasteiger partial charge in [-0.05, 0) is 45.4 Å². The summed E-state index contributed by atoms with van der Waals surface area (Å²) in [5.74, 6) is -0.999. The number of nitrogens with one attached hydrogen (secondary N) is 1. The quantitative estimate of drug-likeness (QED) is 0.130. The first-order valence-electron chi connectivity index (χ1n) is 13.9. The largest absolute Gasteiger partial charge is 0.388 e. The van der Waals surface area contributed by atoms with Crippen molar-refractivity contribution in [1.29, 1.82) is 0 Å². The van der Waals surface area contributed by atoms with Crippen LogP contribution in [0.25, 0.3) is 0 Å². The molecule has 1 aliphatic rings. The zero-order valence-corrected chi connectivity index (χ0v) is 22.5. The summed E-state index contributed by atoms with van der Waals surface area (Å²) >= 11 is 0. The second-order valence-electron chi connectivity index (χ2n) is 9.65. The van der Waals surface area contributed by atoms with Gasteiger partial charge in [-0.1, -0.05) is 69.8 Å². The number of ether oxygens (including phenoxy) is 2. The van der Waals surface area contributed by atoms with Crippen molar-refractivity contribution in [2.24, 2.45) is 0 Å². The molecule has 0 saturated carbocycles. The van der Waals surface area contributed by atoms with E-state index < -0.39 is 36.0 Å². The maximum absolute atomic E-state index is 14.4. The second-order valence-corrected chi connectivity index (χ2v) is 9.65. The minimum atomic E-state index is -1.34. The van der Waals surface area contributed by atoms with Gasteiger partial charge >= 0.3 is 5.69 Å². The number of anilines is 1. The number of aliphatic hydroxyl groups excluding tert-OH is 2. The van der Waals surface area contributed by atoms with E-state index >= 15 is 0 Å². The molecule has 2 heterocycles. The molecule has 37 heavy (non-hydrogen) atoms. The van der Waals surface area contributed by atoms with E-state index in [1.165, 1.54) is 44.9 Å². The molecule has 210 valence electrons. The third kappa shape index (κ3) is 11.5. The van der Waals surface area contributed by atoms with E-state index in [0.29, 0.717) is 6.61 Å². The van der Waals surface area contributed by atoms with E-state index in [1.807, 2.05) is 0 Å². The normalized spacial score (nSPS) is 22.0. The Bertz CT molecular complexity index is 876. The predicted octanol–water partition coefficient (Wildman–Crippen LogP) is 5.22. The molecule has 0 aromatic carbocycles. The maximum atomic E-state index is 14.4. The number of hydrogen-bond acceptors (Lipinski definition) is 7. The Kier molecular flexibility index (Phi) is 15.3. The van der Waals surface area contributed by atoms with Crippen LogP contribution in [-0.2, 0) is 9.47 Å². The van der Waals surface area contributed by atoms with Gasteiger partial charge in [0.05, 0.1) is 12.3 Å². The molecule has 0 radical (unpaired) electrons. The highest BCUT2D eigenvalue weighted by atomic mass is 19.1. The number of allylic oxidation sites excluding steroid dienone is 4. The Balaban J connectivity index is 1.48. The van der Waals surface area contributed by atoms with Gasteiger partial charge in [0.2, 0.25) is 0 Å². The molecule has 1 saturated heterocycles. The Morgan fingerprint density at radius 2 is 1.68 bits per heavy atom. The van der Waals surface area contributed by atoms with Crippen LogP contribution in [0.5, 0.6) is 0 Å². The molecule has 1 aromatic rings. The lowest BCUT2D eigenvalue weighted by Crippen LogP contribution is -2.36. The molecule has 0 amide bonds. The van der Waals surface area contributed by atoms with Crippen molar-refractivity contribution in [2.75, 3.05) is 18.7 Å². The predicted molar refractivity (Wildman–Crippen MR) is 144 cm³/mol. The van der Waals surface area contributed by atoms with Gasteiger partial charge in [0.15, 0.2) is 17.9 Å². The molecule has 9 heteroatoms. The van der Waals surface area contributed by atoms with Crippen LogP contribution in [0.4, 0.5) is 10.2 Å². The van der Waals surface area contributed by atoms with Crippen LogP contribution < -0.4 is 11.0 Å². The summed E-state index contributed by atoms with van der Waals surface area (Å²) in [6.07, 6.45) is 19.7. The van der Waals surface area contributed by atoms with E-state index in [1.54, 1.807) is 6.92 Å². The third-order valence-electron chi connectivity index (χ3n) is 6.49. The number of aromatic nitrogens is 2. The van der Waals surface area contributed by atoms with Crippen molar-refractivity contribution in [3.63, 3.8) is 0 Å². The lowest BCUT2D eigenvalue weighted by Gasteiger charge is -2.18. The van der Waals surface area contributed by atoms with Crippen molar-refractivity contribution < 1.29 is 24.1 Å². The summed E-state index contributed by atoms with van der Waals surface area (Å²) in [5.41, 5.74) is -0.792. The van der Waals surface area contributed by atoms with Crippen molar-refractivity contribution in [3.8, 4) is 0 Å². The molecular formula is C28H46FN3O5. The van der Waals surface area contributed by atoms with Gasteiger partial charge in [0, 0.05) is 6.61 Å². The second kappa shape index (κ2) is 18.2. The number of hydrogen-bond donors (Lipinski definition) is 3. The smallest absolute Gasteiger partial charge is 0.351 e. The fourth-order valence-electron chi connectivity index (χ4n) is 4.19. The van der Waals surface area contributed by atoms with Crippen molar-refractivity contribution in [3.05, 3.63) is 46.8 Å². The third-order valence-corrected chi connectivity index (χ3v) is 6.49. The summed E-state index contributed by atoms with van der Waals surface area (Å²) in [5, 5.41) is 22.5. The van der Waals surface area contributed by atoms with Crippen LogP contribution in [0.3, 0.4) is 0 Å². The lowest BCUT2D eigenvalue weighted by atomic mass is 10.1. The average Bonchev–Trinajstić information content (AvgIpc) is 3.14. The first-order valence-corrected chi connectivity index (χ1v) is 13.9. The monoisotopic (exact) mass is 523 g/mol. The van der Waals surface area contributed by atoms with Gasteiger partial charge in [0.1, 0.15) is 18.9 Å². The molecule has 4 unspecified atom stereocenters. The topological polar surface area (TPSA) is 106 Å². The minimum absolute atomic E-state index is 0.0337. The van der Waals surface area contributed by atoms with E-state index in [2.05, 4.69) is 41.5 Å². The molecule has 0 bridgehead atoms. The first kappa shape index (κ1) is 31.1. The highest BCUT2D eigenvalue weighted by molar-refractivity contribution is 5.33. The zero-order valence-electron chi connectivity index (χ0n) is 22.5. The van der Waals surface area contributed by atoms with Gasteiger partial charge in [-0.15, -0.1) is 0 Å². The first-order chi connectivity index (χ1) is 18.0. The van der Waals surface area contributed by atoms with Gasteiger partial charge in [-0.25, -0.2) is 9.18 Å². The minimum Gasteiger partial charge on any atom is -0.388 e. The van der Waals surface area contributed by atoms with E-state index in [0.717, 1.165) is 42.9 Å². The molecule has 2 rings (SSSR count). The number of nitrogens with zero attached hydrogens (tertiary/aromatic N) is 2. The number of rotatable bonds is 19. The molecule has 8 nitrogen and oxygen atoms in total. The molecule has 0 aliphatic carbocycles. The molecule has 0 spiro atoms. The van der Waals surface area contributed by atoms with Gasteiger partial charge < -0.3 is 25.0 Å². The lowest BCUT2D eigenvalue weighted by molar-refractivity contribution is -0.0355. The molecular weight excluding hydrogens is 477 g/mol. The summed E-state index contributed by atoms with van der Waals surface area (Å²) < 4.78 is 26.1. The number of aliphatic hydroxyl groups is 2. The number of halogens is 1. The Morgan fingerprint density at radius 1 is 1.03 bits per heavy atom. The average molecular weight is 524 g/mol. The zero-order chi connectivity index (χ0) is 26.9. The summed E-state index contributed by atoms with van der Waals surface area (Å²) in [7, 11) is 0. The highest BCUT2D eigenvalue weighted by Crippen LogP contribution is 2.28. The maximum Gasteiger partial charge on any atom is 0.351 e. The van der Waals surface area contributed by atoms with Crippen LogP contribution in [0, 0.1) is 5.82 Å². The molecule has 4 atom stereocenters. The molecule has 1 aromatic heterocycles. The van der Waals surface area contributed by atoms with Crippen LogP contribution in [0.15, 0.2) is 35.3 Å². The van der Waals surface area contributed by atoms with E-state index in [-0.39, 0.29) is 12.5 Å². The SMILES string of the molecule is CCCCCC=CCC=CCCCCCCCCOCNc1nc(=O)n(C2OC(C)C(O)C2O)cc1F. The van der Waals surface area contributed by atoms with Crippen molar-refractivity contribution >= 4 is 5.82 Å². The van der Waals surface area contributed by atoms with Gasteiger partial charge in [0.25, 0.3) is 0 Å². The van der Waals surface area contributed by atoms with Crippen LogP contribution in [0.1, 0.15) is 97.1 Å². The van der Waals surface area contributed by atoms with E-state index in [9.17, 15) is 19.4 Å². The molecule has 1 aliphatic heterocycles.